The van der Waals surface area contributed by atoms with Gasteiger partial charge in [-0.25, -0.2) is 4.79 Å². The van der Waals surface area contributed by atoms with Crippen LogP contribution in [-0.4, -0.2) is 48.3 Å². The lowest BCUT2D eigenvalue weighted by Gasteiger charge is -2.20. The quantitative estimate of drug-likeness (QED) is 0.746. The van der Waals surface area contributed by atoms with Gasteiger partial charge in [-0.2, -0.15) is 11.3 Å². The summed E-state index contributed by atoms with van der Waals surface area (Å²) in [7, 11) is 0. The van der Waals surface area contributed by atoms with Crippen molar-refractivity contribution in [2.75, 3.05) is 26.2 Å². The molecule has 1 aliphatic carbocycles. The molecule has 23 heavy (non-hydrogen) atoms. The molecule has 0 radical (unpaired) electrons. The number of amides is 2. The summed E-state index contributed by atoms with van der Waals surface area (Å²) in [5.74, 6) is 0.864. The minimum absolute atomic E-state index is 0.174. The van der Waals surface area contributed by atoms with Crippen LogP contribution in [0.1, 0.15) is 43.8 Å². The third-order valence-corrected chi connectivity index (χ3v) is 5.68. The molecule has 0 spiro atoms. The van der Waals surface area contributed by atoms with Crippen molar-refractivity contribution >= 4 is 17.4 Å². The minimum atomic E-state index is -0.630. The van der Waals surface area contributed by atoms with Gasteiger partial charge in [0.15, 0.2) is 0 Å². The predicted molar refractivity (Wildman–Crippen MR) is 92.6 cm³/mol. The van der Waals surface area contributed by atoms with E-state index in [0.29, 0.717) is 0 Å². The normalized spacial score (nSPS) is 24.0. The monoisotopic (exact) mass is 337 g/mol. The summed E-state index contributed by atoms with van der Waals surface area (Å²) in [6.07, 6.45) is 5.90. The molecule has 2 amide bonds. The lowest BCUT2D eigenvalue weighted by Crippen LogP contribution is -2.44. The van der Waals surface area contributed by atoms with Gasteiger partial charge in [-0.05, 0) is 47.6 Å². The molecule has 0 unspecified atom stereocenters. The SMILES string of the molecule is O=C(NC[C@H](O)c1ccsc1)N[C@H]1CCN(CC2CCCC2)C1. The fourth-order valence-corrected chi connectivity index (χ4v) is 4.39. The average molecular weight is 337 g/mol. The first kappa shape index (κ1) is 16.7. The van der Waals surface area contributed by atoms with Crippen molar-refractivity contribution in [2.45, 2.75) is 44.2 Å². The number of nitrogens with one attached hydrogen (secondary N) is 2. The van der Waals surface area contributed by atoms with Crippen molar-refractivity contribution in [1.29, 1.82) is 0 Å². The molecule has 0 bridgehead atoms. The van der Waals surface area contributed by atoms with Crippen molar-refractivity contribution in [1.82, 2.24) is 15.5 Å². The third kappa shape index (κ3) is 4.93. The van der Waals surface area contributed by atoms with E-state index < -0.39 is 6.10 Å². The lowest BCUT2D eigenvalue weighted by atomic mass is 10.1. The highest BCUT2D eigenvalue weighted by atomic mass is 32.1. The fraction of sp³-hybridized carbons (Fsp3) is 0.706. The number of carbonyl (C=O) groups excluding carboxylic acids is 1. The summed E-state index contributed by atoms with van der Waals surface area (Å²) >= 11 is 1.55. The Morgan fingerprint density at radius 2 is 2.22 bits per heavy atom. The first-order valence-corrected chi connectivity index (χ1v) is 9.62. The molecular formula is C17H27N3O2S. The van der Waals surface area contributed by atoms with Crippen LogP contribution in [0.2, 0.25) is 0 Å². The molecule has 5 nitrogen and oxygen atoms in total. The number of likely N-dealkylation sites (tertiary alicyclic amines) is 1. The number of aliphatic hydroxyl groups excluding tert-OH is 1. The number of carbonyl (C=O) groups is 1. The smallest absolute Gasteiger partial charge is 0.315 e. The molecule has 1 saturated heterocycles. The summed E-state index contributed by atoms with van der Waals surface area (Å²) in [6, 6.07) is 1.94. The molecule has 1 aliphatic heterocycles. The summed E-state index contributed by atoms with van der Waals surface area (Å²) in [5, 5.41) is 19.6. The first-order valence-electron chi connectivity index (χ1n) is 8.67. The Bertz CT molecular complexity index is 488. The van der Waals surface area contributed by atoms with E-state index in [0.717, 1.165) is 31.0 Å². The van der Waals surface area contributed by atoms with Gasteiger partial charge in [0, 0.05) is 32.2 Å². The third-order valence-electron chi connectivity index (χ3n) is 4.98. The molecule has 128 valence electrons. The van der Waals surface area contributed by atoms with Gasteiger partial charge in [-0.15, -0.1) is 0 Å². The molecule has 0 aromatic carbocycles. The number of hydrogen-bond donors (Lipinski definition) is 3. The van der Waals surface area contributed by atoms with Crippen LogP contribution < -0.4 is 10.6 Å². The van der Waals surface area contributed by atoms with Crippen molar-refractivity contribution in [3.05, 3.63) is 22.4 Å². The second-order valence-electron chi connectivity index (χ2n) is 6.82. The van der Waals surface area contributed by atoms with E-state index >= 15 is 0 Å². The van der Waals surface area contributed by atoms with E-state index in [-0.39, 0.29) is 18.6 Å². The highest BCUT2D eigenvalue weighted by Gasteiger charge is 2.26. The summed E-state index contributed by atoms with van der Waals surface area (Å²) in [5.41, 5.74) is 0.860. The Morgan fingerprint density at radius 3 is 2.96 bits per heavy atom. The maximum Gasteiger partial charge on any atom is 0.315 e. The average Bonchev–Trinajstić information content (AvgIpc) is 3.28. The van der Waals surface area contributed by atoms with Crippen LogP contribution in [0.3, 0.4) is 0 Å². The largest absolute Gasteiger partial charge is 0.387 e. The van der Waals surface area contributed by atoms with Gasteiger partial charge in [0.2, 0.25) is 0 Å². The first-order chi connectivity index (χ1) is 11.2. The zero-order valence-electron chi connectivity index (χ0n) is 13.5. The maximum absolute atomic E-state index is 12.0. The Balaban J connectivity index is 1.34. The molecule has 6 heteroatoms. The second kappa shape index (κ2) is 8.13. The highest BCUT2D eigenvalue weighted by Crippen LogP contribution is 2.26. The summed E-state index contributed by atoms with van der Waals surface area (Å²) in [4.78, 5) is 14.5. The molecule has 3 rings (SSSR count). The van der Waals surface area contributed by atoms with E-state index in [1.807, 2.05) is 16.8 Å². The topological polar surface area (TPSA) is 64.6 Å². The van der Waals surface area contributed by atoms with Crippen molar-refractivity contribution in [3.63, 3.8) is 0 Å². The Hall–Kier alpha value is -1.11. The van der Waals surface area contributed by atoms with Gasteiger partial charge in [0.1, 0.15) is 0 Å². The Labute approximate surface area is 142 Å². The molecule has 1 aromatic heterocycles. The molecular weight excluding hydrogens is 310 g/mol. The molecule has 2 heterocycles. The van der Waals surface area contributed by atoms with Gasteiger partial charge in [-0.3, -0.25) is 0 Å². The van der Waals surface area contributed by atoms with Crippen LogP contribution in [0, 0.1) is 5.92 Å². The van der Waals surface area contributed by atoms with Crippen LogP contribution in [0.5, 0.6) is 0 Å². The molecule has 1 aromatic rings. The maximum atomic E-state index is 12.0. The molecule has 2 atom stereocenters. The van der Waals surface area contributed by atoms with E-state index in [1.54, 1.807) is 11.3 Å². The number of rotatable bonds is 6. The van der Waals surface area contributed by atoms with Gasteiger partial charge in [0.05, 0.1) is 6.10 Å². The molecule has 1 saturated carbocycles. The minimum Gasteiger partial charge on any atom is -0.387 e. The van der Waals surface area contributed by atoms with Gasteiger partial charge in [0.25, 0.3) is 0 Å². The summed E-state index contributed by atoms with van der Waals surface area (Å²) in [6.45, 7) is 3.48. The summed E-state index contributed by atoms with van der Waals surface area (Å²) < 4.78 is 0. The molecule has 2 aliphatic rings. The van der Waals surface area contributed by atoms with Crippen LogP contribution >= 0.6 is 11.3 Å². The zero-order valence-corrected chi connectivity index (χ0v) is 14.4. The van der Waals surface area contributed by atoms with Crippen molar-refractivity contribution < 1.29 is 9.90 Å². The van der Waals surface area contributed by atoms with E-state index in [1.165, 1.54) is 32.2 Å². The Kier molecular flexibility index (Phi) is 5.91. The van der Waals surface area contributed by atoms with Crippen molar-refractivity contribution in [3.8, 4) is 0 Å². The van der Waals surface area contributed by atoms with Crippen LogP contribution in [0.15, 0.2) is 16.8 Å². The number of thiophene rings is 1. The van der Waals surface area contributed by atoms with E-state index in [9.17, 15) is 9.90 Å². The molecule has 3 N–H and O–H groups in total. The van der Waals surface area contributed by atoms with Crippen LogP contribution in [0.25, 0.3) is 0 Å². The predicted octanol–water partition coefficient (Wildman–Crippen LogP) is 2.35. The number of hydrogen-bond acceptors (Lipinski definition) is 4. The standard InChI is InChI=1S/C17H27N3O2S/c21-16(14-6-8-23-12-14)9-18-17(22)19-15-5-7-20(11-15)10-13-3-1-2-4-13/h6,8,12-13,15-16,21H,1-5,7,9-11H2,(H2,18,19,22)/t15-,16-/m0/s1. The lowest BCUT2D eigenvalue weighted by molar-refractivity contribution is 0.173. The fourth-order valence-electron chi connectivity index (χ4n) is 3.68. The Morgan fingerprint density at radius 1 is 1.39 bits per heavy atom. The number of urea groups is 1. The van der Waals surface area contributed by atoms with E-state index in [2.05, 4.69) is 15.5 Å². The zero-order chi connectivity index (χ0) is 16.1. The van der Waals surface area contributed by atoms with Gasteiger partial charge >= 0.3 is 6.03 Å². The molecule has 2 fully saturated rings. The van der Waals surface area contributed by atoms with Gasteiger partial charge in [-0.1, -0.05) is 12.8 Å². The van der Waals surface area contributed by atoms with Crippen LogP contribution in [0.4, 0.5) is 4.79 Å². The van der Waals surface area contributed by atoms with E-state index in [4.69, 9.17) is 0 Å². The van der Waals surface area contributed by atoms with Crippen LogP contribution in [-0.2, 0) is 0 Å². The number of nitrogens with zero attached hydrogens (tertiary/aromatic N) is 1. The van der Waals surface area contributed by atoms with Crippen molar-refractivity contribution in [2.24, 2.45) is 5.92 Å². The second-order valence-corrected chi connectivity index (χ2v) is 7.60. The highest BCUT2D eigenvalue weighted by molar-refractivity contribution is 7.07. The van der Waals surface area contributed by atoms with Gasteiger partial charge < -0.3 is 20.6 Å². The number of aliphatic hydroxyl groups is 1.